The van der Waals surface area contributed by atoms with Gasteiger partial charge in [0.15, 0.2) is 0 Å². The summed E-state index contributed by atoms with van der Waals surface area (Å²) in [7, 11) is 0. The summed E-state index contributed by atoms with van der Waals surface area (Å²) in [5, 5.41) is 0. The number of allylic oxidation sites excluding steroid dienone is 2. The monoisotopic (exact) mass is 139 g/mol. The van der Waals surface area contributed by atoms with Crippen LogP contribution >= 0.6 is 0 Å². The minimum atomic E-state index is 1.26. The van der Waals surface area contributed by atoms with Crippen molar-refractivity contribution in [1.82, 2.24) is 0 Å². The molecule has 0 rings (SSSR count). The fourth-order valence-electron chi connectivity index (χ4n) is 0.954. The SMILES string of the molecule is C[CH]CCCCC/C=C/C. The molecule has 0 bridgehead atoms. The summed E-state index contributed by atoms with van der Waals surface area (Å²) < 4.78 is 0. The average Bonchev–Trinajstić information content (AvgIpc) is 1.97. The molecule has 59 valence electrons. The second kappa shape index (κ2) is 8.74. The molecule has 0 aromatic rings. The molecule has 0 unspecified atom stereocenters. The van der Waals surface area contributed by atoms with Crippen molar-refractivity contribution in [3.8, 4) is 0 Å². The van der Waals surface area contributed by atoms with Gasteiger partial charge >= 0.3 is 0 Å². The second-order valence-corrected chi connectivity index (χ2v) is 2.62. The third-order valence-corrected chi connectivity index (χ3v) is 1.60. The molecule has 0 saturated carbocycles. The van der Waals surface area contributed by atoms with Crippen LogP contribution in [0.5, 0.6) is 0 Å². The molecule has 0 aliphatic rings. The maximum atomic E-state index is 2.25. The van der Waals surface area contributed by atoms with Gasteiger partial charge in [-0.15, -0.1) is 0 Å². The summed E-state index contributed by atoms with van der Waals surface area (Å²) in [5.41, 5.74) is 0. The zero-order valence-electron chi connectivity index (χ0n) is 7.27. The van der Waals surface area contributed by atoms with Crippen LogP contribution in [0.3, 0.4) is 0 Å². The molecular weight excluding hydrogens is 120 g/mol. The Labute approximate surface area is 65.3 Å². The van der Waals surface area contributed by atoms with Crippen LogP contribution in [-0.2, 0) is 0 Å². The molecule has 0 spiro atoms. The molecule has 0 nitrogen and oxygen atoms in total. The van der Waals surface area contributed by atoms with Gasteiger partial charge in [0.05, 0.1) is 0 Å². The van der Waals surface area contributed by atoms with E-state index in [2.05, 4.69) is 32.4 Å². The van der Waals surface area contributed by atoms with Gasteiger partial charge in [-0.3, -0.25) is 0 Å². The van der Waals surface area contributed by atoms with E-state index in [0.717, 1.165) is 0 Å². The summed E-state index contributed by atoms with van der Waals surface area (Å²) in [6, 6.07) is 0. The van der Waals surface area contributed by atoms with Crippen LogP contribution in [0.1, 0.15) is 46.0 Å². The number of hydrogen-bond acceptors (Lipinski definition) is 0. The van der Waals surface area contributed by atoms with E-state index in [1.54, 1.807) is 0 Å². The lowest BCUT2D eigenvalue weighted by atomic mass is 10.1. The smallest absolute Gasteiger partial charge is 0.0351 e. The first-order valence-corrected chi connectivity index (χ1v) is 4.30. The van der Waals surface area contributed by atoms with Gasteiger partial charge in [0.1, 0.15) is 0 Å². The van der Waals surface area contributed by atoms with Gasteiger partial charge in [-0.2, -0.15) is 0 Å². The van der Waals surface area contributed by atoms with Gasteiger partial charge in [-0.1, -0.05) is 38.3 Å². The van der Waals surface area contributed by atoms with Gasteiger partial charge in [0.25, 0.3) is 0 Å². The summed E-state index contributed by atoms with van der Waals surface area (Å²) in [6.45, 7) is 4.21. The van der Waals surface area contributed by atoms with Gasteiger partial charge in [-0.05, 0) is 26.2 Å². The number of rotatable bonds is 6. The van der Waals surface area contributed by atoms with Crippen LogP contribution in [0.2, 0.25) is 0 Å². The highest BCUT2D eigenvalue weighted by molar-refractivity contribution is 4.76. The summed E-state index contributed by atoms with van der Waals surface area (Å²) in [4.78, 5) is 0. The van der Waals surface area contributed by atoms with Crippen molar-refractivity contribution in [3.63, 3.8) is 0 Å². The van der Waals surface area contributed by atoms with Crippen LogP contribution in [0.4, 0.5) is 0 Å². The lowest BCUT2D eigenvalue weighted by Crippen LogP contribution is -1.75. The molecule has 0 amide bonds. The standard InChI is InChI=1S/C10H19/c1-3-5-7-9-10-8-6-4-2/h3-5H,6-10H2,1-2H3/b5-3+. The van der Waals surface area contributed by atoms with Gasteiger partial charge < -0.3 is 0 Å². The zero-order valence-corrected chi connectivity index (χ0v) is 7.27. The Hall–Kier alpha value is -0.260. The highest BCUT2D eigenvalue weighted by atomic mass is 13.9. The van der Waals surface area contributed by atoms with E-state index in [-0.39, 0.29) is 0 Å². The highest BCUT2D eigenvalue weighted by Gasteiger charge is 1.85. The molecule has 10 heavy (non-hydrogen) atoms. The van der Waals surface area contributed by atoms with E-state index in [1.807, 2.05) is 0 Å². The number of hydrogen-bond donors (Lipinski definition) is 0. The van der Waals surface area contributed by atoms with E-state index in [0.29, 0.717) is 0 Å². The van der Waals surface area contributed by atoms with Crippen molar-refractivity contribution in [2.75, 3.05) is 0 Å². The van der Waals surface area contributed by atoms with Crippen LogP contribution in [0.15, 0.2) is 12.2 Å². The van der Waals surface area contributed by atoms with Crippen LogP contribution in [0, 0.1) is 6.42 Å². The first-order valence-electron chi connectivity index (χ1n) is 4.30. The van der Waals surface area contributed by atoms with Gasteiger partial charge in [0, 0.05) is 0 Å². The van der Waals surface area contributed by atoms with Crippen LogP contribution in [0.25, 0.3) is 0 Å². The zero-order chi connectivity index (χ0) is 7.66. The third-order valence-electron chi connectivity index (χ3n) is 1.60. The van der Waals surface area contributed by atoms with Crippen molar-refractivity contribution < 1.29 is 0 Å². The largest absolute Gasteiger partial charge is 0.0917 e. The third kappa shape index (κ3) is 7.74. The van der Waals surface area contributed by atoms with Crippen molar-refractivity contribution in [3.05, 3.63) is 18.6 Å². The predicted molar refractivity (Wildman–Crippen MR) is 47.9 cm³/mol. The molecular formula is C10H19. The van der Waals surface area contributed by atoms with Gasteiger partial charge in [-0.25, -0.2) is 0 Å². The van der Waals surface area contributed by atoms with E-state index in [1.165, 1.54) is 32.1 Å². The average molecular weight is 139 g/mol. The minimum absolute atomic E-state index is 1.26. The molecule has 0 heteroatoms. The quantitative estimate of drug-likeness (QED) is 0.388. The predicted octanol–water partition coefficient (Wildman–Crippen LogP) is 3.74. The Morgan fingerprint density at radius 3 is 2.20 bits per heavy atom. The molecule has 0 aliphatic heterocycles. The number of unbranched alkanes of at least 4 members (excludes halogenated alkanes) is 5. The first-order chi connectivity index (χ1) is 4.91. The molecule has 0 fully saturated rings. The van der Waals surface area contributed by atoms with Crippen molar-refractivity contribution in [2.45, 2.75) is 46.0 Å². The van der Waals surface area contributed by atoms with E-state index in [4.69, 9.17) is 0 Å². The fourth-order valence-corrected chi connectivity index (χ4v) is 0.954. The topological polar surface area (TPSA) is 0 Å². The minimum Gasteiger partial charge on any atom is -0.0917 e. The van der Waals surface area contributed by atoms with Gasteiger partial charge in [0.2, 0.25) is 0 Å². The molecule has 0 saturated heterocycles. The maximum absolute atomic E-state index is 2.25. The summed E-state index contributed by atoms with van der Waals surface area (Å²) >= 11 is 0. The Bertz CT molecular complexity index is 72.1. The summed E-state index contributed by atoms with van der Waals surface area (Å²) in [6.07, 6.45) is 13.3. The fraction of sp³-hybridized carbons (Fsp3) is 0.700. The van der Waals surface area contributed by atoms with Crippen molar-refractivity contribution >= 4 is 0 Å². The Morgan fingerprint density at radius 1 is 0.900 bits per heavy atom. The van der Waals surface area contributed by atoms with Crippen LogP contribution in [-0.4, -0.2) is 0 Å². The normalized spacial score (nSPS) is 11.0. The molecule has 0 N–H and O–H groups in total. The lowest BCUT2D eigenvalue weighted by Gasteiger charge is -1.94. The first kappa shape index (κ1) is 9.74. The Balaban J connectivity index is 2.77. The van der Waals surface area contributed by atoms with Crippen molar-refractivity contribution in [1.29, 1.82) is 0 Å². The van der Waals surface area contributed by atoms with E-state index < -0.39 is 0 Å². The maximum Gasteiger partial charge on any atom is -0.0351 e. The van der Waals surface area contributed by atoms with E-state index in [9.17, 15) is 0 Å². The Kier molecular flexibility index (Phi) is 8.51. The Morgan fingerprint density at radius 2 is 1.60 bits per heavy atom. The molecule has 1 radical (unpaired) electrons. The molecule has 0 aromatic carbocycles. The van der Waals surface area contributed by atoms with E-state index >= 15 is 0 Å². The second-order valence-electron chi connectivity index (χ2n) is 2.62. The molecule has 0 aromatic heterocycles. The molecule has 0 heterocycles. The van der Waals surface area contributed by atoms with Crippen LogP contribution < -0.4 is 0 Å². The molecule has 0 aliphatic carbocycles. The van der Waals surface area contributed by atoms with Crippen molar-refractivity contribution in [2.24, 2.45) is 0 Å². The lowest BCUT2D eigenvalue weighted by molar-refractivity contribution is 0.681. The summed E-state index contributed by atoms with van der Waals surface area (Å²) in [5.74, 6) is 0. The highest BCUT2D eigenvalue weighted by Crippen LogP contribution is 2.04. The molecule has 0 atom stereocenters.